The molecule has 1 aliphatic rings. The highest BCUT2D eigenvalue weighted by Gasteiger charge is 2.32. The Morgan fingerprint density at radius 2 is 1.69 bits per heavy atom. The fourth-order valence-corrected chi connectivity index (χ4v) is 5.01. The van der Waals surface area contributed by atoms with E-state index in [0.29, 0.717) is 35.1 Å². The molecule has 2 aromatic carbocycles. The Bertz CT molecular complexity index is 974. The number of amides is 1. The van der Waals surface area contributed by atoms with Gasteiger partial charge in [-0.3, -0.25) is 4.79 Å². The molecule has 0 saturated carbocycles. The minimum Gasteiger partial charge on any atom is -0.495 e. The maximum Gasteiger partial charge on any atom is 0.243 e. The van der Waals surface area contributed by atoms with Crippen molar-refractivity contribution in [2.45, 2.75) is 17.7 Å². The van der Waals surface area contributed by atoms with Crippen LogP contribution < -0.4 is 14.8 Å². The van der Waals surface area contributed by atoms with E-state index in [1.807, 2.05) is 0 Å². The van der Waals surface area contributed by atoms with Gasteiger partial charge in [-0.15, -0.1) is 0 Å². The molecule has 7 nitrogen and oxygen atoms in total. The van der Waals surface area contributed by atoms with Crippen LogP contribution in [0.15, 0.2) is 47.4 Å². The van der Waals surface area contributed by atoms with E-state index in [-0.39, 0.29) is 29.8 Å². The number of halogens is 1. The zero-order chi connectivity index (χ0) is 21.0. The zero-order valence-corrected chi connectivity index (χ0v) is 17.8. The molecule has 0 aromatic heterocycles. The van der Waals surface area contributed by atoms with Gasteiger partial charge in [0.05, 0.1) is 29.8 Å². The maximum atomic E-state index is 12.7. The number of hydrogen-bond acceptors (Lipinski definition) is 5. The summed E-state index contributed by atoms with van der Waals surface area (Å²) in [7, 11) is -0.569. The Morgan fingerprint density at radius 1 is 1.07 bits per heavy atom. The minimum absolute atomic E-state index is 0.190. The Hall–Kier alpha value is -2.29. The highest BCUT2D eigenvalue weighted by atomic mass is 35.5. The van der Waals surface area contributed by atoms with Crippen LogP contribution in [-0.2, 0) is 14.8 Å². The molecular formula is C20H23ClN2O5S. The molecule has 9 heteroatoms. The summed E-state index contributed by atoms with van der Waals surface area (Å²) in [6, 6.07) is 11.5. The first-order valence-corrected chi connectivity index (χ1v) is 11.0. The summed E-state index contributed by atoms with van der Waals surface area (Å²) in [6.45, 7) is 0.576. The lowest BCUT2D eigenvalue weighted by molar-refractivity contribution is -0.120. The predicted octanol–water partition coefficient (Wildman–Crippen LogP) is 3.40. The number of rotatable bonds is 6. The smallest absolute Gasteiger partial charge is 0.243 e. The van der Waals surface area contributed by atoms with Gasteiger partial charge in [-0.05, 0) is 25.0 Å². The lowest BCUT2D eigenvalue weighted by atomic mass is 9.97. The standard InChI is InChI=1S/C20H23ClN2O5S/c1-27-18-13-17(19(28-2)12-16(18)21)22-20(24)14-8-10-23(11-9-14)29(25,26)15-6-4-3-5-7-15/h3-7,12-14H,8-11H2,1-2H3,(H,22,24). The number of nitrogens with one attached hydrogen (secondary N) is 1. The van der Waals surface area contributed by atoms with Crippen molar-refractivity contribution in [3.8, 4) is 11.5 Å². The van der Waals surface area contributed by atoms with Crippen LogP contribution in [0.4, 0.5) is 5.69 Å². The summed E-state index contributed by atoms with van der Waals surface area (Å²) in [4.78, 5) is 13.0. The summed E-state index contributed by atoms with van der Waals surface area (Å²) in [6.07, 6.45) is 0.871. The number of piperidine rings is 1. The van der Waals surface area contributed by atoms with Crippen molar-refractivity contribution < 1.29 is 22.7 Å². The Labute approximate surface area is 175 Å². The molecule has 1 heterocycles. The summed E-state index contributed by atoms with van der Waals surface area (Å²) in [5, 5.41) is 3.22. The number of anilines is 1. The van der Waals surface area contributed by atoms with E-state index in [9.17, 15) is 13.2 Å². The minimum atomic E-state index is -3.54. The van der Waals surface area contributed by atoms with Crippen LogP contribution in [0, 0.1) is 5.92 Å². The van der Waals surface area contributed by atoms with Gasteiger partial charge >= 0.3 is 0 Å². The summed E-state index contributed by atoms with van der Waals surface area (Å²) >= 11 is 6.09. The Balaban J connectivity index is 1.67. The number of carbonyl (C=O) groups is 1. The average molecular weight is 439 g/mol. The summed E-state index contributed by atoms with van der Waals surface area (Å²) in [5.74, 6) is 0.354. The van der Waals surface area contributed by atoms with Crippen molar-refractivity contribution >= 4 is 33.2 Å². The maximum absolute atomic E-state index is 12.7. The second-order valence-corrected chi connectivity index (χ2v) is 9.01. The van der Waals surface area contributed by atoms with Crippen molar-refractivity contribution in [2.75, 3.05) is 32.6 Å². The number of carbonyl (C=O) groups excluding carboxylic acids is 1. The van der Waals surface area contributed by atoms with Crippen LogP contribution >= 0.6 is 11.6 Å². The number of nitrogens with zero attached hydrogens (tertiary/aromatic N) is 1. The molecule has 0 bridgehead atoms. The first-order chi connectivity index (χ1) is 13.9. The van der Waals surface area contributed by atoms with Crippen molar-refractivity contribution in [2.24, 2.45) is 5.92 Å². The van der Waals surface area contributed by atoms with Crippen molar-refractivity contribution in [3.63, 3.8) is 0 Å². The monoisotopic (exact) mass is 438 g/mol. The lowest BCUT2D eigenvalue weighted by Gasteiger charge is -2.30. The summed E-state index contributed by atoms with van der Waals surface area (Å²) < 4.78 is 37.4. The SMILES string of the molecule is COc1cc(NC(=O)C2CCN(S(=O)(=O)c3ccccc3)CC2)c(OC)cc1Cl. The normalized spacial score (nSPS) is 15.7. The first kappa shape index (κ1) is 21.4. The molecule has 1 amide bonds. The van der Waals surface area contributed by atoms with Gasteiger partial charge in [0.2, 0.25) is 15.9 Å². The second-order valence-electron chi connectivity index (χ2n) is 6.67. The number of methoxy groups -OCH3 is 2. The summed E-state index contributed by atoms with van der Waals surface area (Å²) in [5.41, 5.74) is 0.457. The van der Waals surface area contributed by atoms with E-state index in [4.69, 9.17) is 21.1 Å². The van der Waals surface area contributed by atoms with Gasteiger partial charge in [0, 0.05) is 31.1 Å². The van der Waals surface area contributed by atoms with Crippen molar-refractivity contribution in [1.82, 2.24) is 4.31 Å². The van der Waals surface area contributed by atoms with E-state index in [1.165, 1.54) is 18.5 Å². The third-order valence-corrected chi connectivity index (χ3v) is 7.15. The molecule has 0 radical (unpaired) electrons. The second kappa shape index (κ2) is 9.02. The van der Waals surface area contributed by atoms with Crippen LogP contribution in [0.3, 0.4) is 0 Å². The number of ether oxygens (including phenoxy) is 2. The number of hydrogen-bond donors (Lipinski definition) is 1. The molecule has 1 N–H and O–H groups in total. The molecule has 156 valence electrons. The van der Waals surface area contributed by atoms with Gasteiger partial charge in [0.25, 0.3) is 0 Å². The molecule has 29 heavy (non-hydrogen) atoms. The fourth-order valence-electron chi connectivity index (χ4n) is 3.29. The van der Waals surface area contributed by atoms with Crippen molar-refractivity contribution in [1.29, 1.82) is 0 Å². The number of sulfonamides is 1. The van der Waals surface area contributed by atoms with E-state index in [1.54, 1.807) is 42.5 Å². The Kier molecular flexibility index (Phi) is 6.66. The van der Waals surface area contributed by atoms with Crippen LogP contribution in [-0.4, -0.2) is 45.9 Å². The van der Waals surface area contributed by atoms with Gasteiger partial charge in [-0.2, -0.15) is 4.31 Å². The van der Waals surface area contributed by atoms with Crippen LogP contribution in [0.1, 0.15) is 12.8 Å². The number of benzene rings is 2. The van der Waals surface area contributed by atoms with E-state index >= 15 is 0 Å². The van der Waals surface area contributed by atoms with Crippen molar-refractivity contribution in [3.05, 3.63) is 47.5 Å². The molecule has 1 aliphatic heterocycles. The molecule has 1 fully saturated rings. The molecule has 3 rings (SSSR count). The molecule has 2 aromatic rings. The topological polar surface area (TPSA) is 84.9 Å². The third-order valence-electron chi connectivity index (χ3n) is 4.94. The van der Waals surface area contributed by atoms with Gasteiger partial charge < -0.3 is 14.8 Å². The van der Waals surface area contributed by atoms with Gasteiger partial charge in [0.1, 0.15) is 11.5 Å². The van der Waals surface area contributed by atoms with E-state index < -0.39 is 10.0 Å². The largest absolute Gasteiger partial charge is 0.495 e. The lowest BCUT2D eigenvalue weighted by Crippen LogP contribution is -2.41. The predicted molar refractivity (Wildman–Crippen MR) is 111 cm³/mol. The van der Waals surface area contributed by atoms with Crippen LogP contribution in [0.5, 0.6) is 11.5 Å². The van der Waals surface area contributed by atoms with E-state index in [2.05, 4.69) is 5.32 Å². The highest BCUT2D eigenvalue weighted by molar-refractivity contribution is 7.89. The van der Waals surface area contributed by atoms with Crippen LogP contribution in [0.25, 0.3) is 0 Å². The van der Waals surface area contributed by atoms with E-state index in [0.717, 1.165) is 0 Å². The Morgan fingerprint density at radius 3 is 2.28 bits per heavy atom. The zero-order valence-electron chi connectivity index (χ0n) is 16.2. The molecule has 0 atom stereocenters. The first-order valence-electron chi connectivity index (χ1n) is 9.14. The quantitative estimate of drug-likeness (QED) is 0.747. The molecule has 1 saturated heterocycles. The fraction of sp³-hybridized carbons (Fsp3) is 0.350. The third kappa shape index (κ3) is 4.66. The molecule has 0 unspecified atom stereocenters. The molecule has 0 aliphatic carbocycles. The van der Waals surface area contributed by atoms with Gasteiger partial charge in [0.15, 0.2) is 0 Å². The molecule has 0 spiro atoms. The van der Waals surface area contributed by atoms with Gasteiger partial charge in [-0.25, -0.2) is 8.42 Å². The van der Waals surface area contributed by atoms with Crippen LogP contribution in [0.2, 0.25) is 5.02 Å². The molecular weight excluding hydrogens is 416 g/mol. The highest BCUT2D eigenvalue weighted by Crippen LogP contribution is 2.36. The average Bonchev–Trinajstić information content (AvgIpc) is 2.75. The van der Waals surface area contributed by atoms with Gasteiger partial charge in [-0.1, -0.05) is 29.8 Å².